The molecule has 0 aromatic heterocycles. The molecule has 0 saturated carbocycles. The van der Waals surface area contributed by atoms with Crippen LogP contribution in [0.3, 0.4) is 0 Å². The Balaban J connectivity index is 2.55. The van der Waals surface area contributed by atoms with Gasteiger partial charge in [-0.2, -0.15) is 0 Å². The lowest BCUT2D eigenvalue weighted by atomic mass is 10.1. The maximum absolute atomic E-state index is 6.27. The predicted molar refractivity (Wildman–Crippen MR) is 65.9 cm³/mol. The summed E-state index contributed by atoms with van der Waals surface area (Å²) in [6.45, 7) is 2.19. The van der Waals surface area contributed by atoms with Gasteiger partial charge in [0.2, 0.25) is 0 Å². The Morgan fingerprint density at radius 1 is 1.33 bits per heavy atom. The van der Waals surface area contributed by atoms with Crippen molar-refractivity contribution >= 4 is 11.6 Å². The molecule has 1 rings (SSSR count). The predicted octanol–water partition coefficient (Wildman–Crippen LogP) is 4.04. The molecule has 1 atom stereocenters. The average molecular weight is 227 g/mol. The molecule has 0 spiro atoms. The van der Waals surface area contributed by atoms with Crippen molar-refractivity contribution in [2.45, 2.75) is 38.0 Å². The number of halogens is 1. The molecule has 84 valence electrons. The Morgan fingerprint density at radius 3 is 2.73 bits per heavy atom. The van der Waals surface area contributed by atoms with Gasteiger partial charge in [0.15, 0.2) is 0 Å². The number of alkyl halides is 1. The highest BCUT2D eigenvalue weighted by atomic mass is 35.5. The van der Waals surface area contributed by atoms with E-state index >= 15 is 0 Å². The second kappa shape index (κ2) is 6.73. The van der Waals surface area contributed by atoms with Crippen LogP contribution in [0.25, 0.3) is 0 Å². The molecule has 0 aliphatic carbocycles. The lowest BCUT2D eigenvalue weighted by Gasteiger charge is -2.11. The molecule has 15 heavy (non-hydrogen) atoms. The Morgan fingerprint density at radius 2 is 2.07 bits per heavy atom. The van der Waals surface area contributed by atoms with Crippen LogP contribution in [0.15, 0.2) is 24.3 Å². The standard InChI is InChI=1S/C13H19ClO/c1-3-4-8-12(14)10-11-7-5-6-9-13(11)15-2/h5-7,9,12H,3-4,8,10H2,1-2H3. The van der Waals surface area contributed by atoms with Gasteiger partial charge >= 0.3 is 0 Å². The van der Waals surface area contributed by atoms with Gasteiger partial charge in [0.25, 0.3) is 0 Å². The van der Waals surface area contributed by atoms with E-state index in [2.05, 4.69) is 13.0 Å². The molecule has 0 fully saturated rings. The normalized spacial score (nSPS) is 12.5. The molecule has 0 bridgehead atoms. The first kappa shape index (κ1) is 12.4. The first-order valence-electron chi connectivity index (χ1n) is 5.54. The lowest BCUT2D eigenvalue weighted by Crippen LogP contribution is -2.04. The van der Waals surface area contributed by atoms with Gasteiger partial charge in [-0.25, -0.2) is 0 Å². The number of benzene rings is 1. The second-order valence-electron chi connectivity index (χ2n) is 3.76. The summed E-state index contributed by atoms with van der Waals surface area (Å²) in [7, 11) is 1.70. The van der Waals surface area contributed by atoms with Gasteiger partial charge in [0.05, 0.1) is 7.11 Å². The van der Waals surface area contributed by atoms with Gasteiger partial charge in [-0.15, -0.1) is 11.6 Å². The van der Waals surface area contributed by atoms with Crippen LogP contribution in [0.1, 0.15) is 31.7 Å². The Bertz CT molecular complexity index is 286. The largest absolute Gasteiger partial charge is 0.496 e. The van der Waals surface area contributed by atoms with E-state index in [0.717, 1.165) is 18.6 Å². The molecule has 0 aliphatic rings. The molecule has 0 aliphatic heterocycles. The monoisotopic (exact) mass is 226 g/mol. The number of ether oxygens (including phenoxy) is 1. The summed E-state index contributed by atoms with van der Waals surface area (Å²) in [4.78, 5) is 0. The third-order valence-corrected chi connectivity index (χ3v) is 2.88. The first-order chi connectivity index (χ1) is 7.27. The van der Waals surface area contributed by atoms with E-state index in [1.165, 1.54) is 18.4 Å². The maximum atomic E-state index is 6.27. The van der Waals surface area contributed by atoms with Gasteiger partial charge in [-0.05, 0) is 24.5 Å². The minimum Gasteiger partial charge on any atom is -0.496 e. The van der Waals surface area contributed by atoms with E-state index in [9.17, 15) is 0 Å². The summed E-state index contributed by atoms with van der Waals surface area (Å²) in [6, 6.07) is 8.08. The molecule has 1 aromatic rings. The molecule has 0 radical (unpaired) electrons. The smallest absolute Gasteiger partial charge is 0.122 e. The molecule has 0 heterocycles. The van der Waals surface area contributed by atoms with E-state index in [1.807, 2.05) is 18.2 Å². The van der Waals surface area contributed by atoms with Gasteiger partial charge < -0.3 is 4.74 Å². The maximum Gasteiger partial charge on any atom is 0.122 e. The van der Waals surface area contributed by atoms with Crippen molar-refractivity contribution in [1.29, 1.82) is 0 Å². The van der Waals surface area contributed by atoms with Crippen LogP contribution in [0.2, 0.25) is 0 Å². The molecule has 1 aromatic carbocycles. The quantitative estimate of drug-likeness (QED) is 0.666. The molecule has 0 amide bonds. The number of unbranched alkanes of at least 4 members (excludes halogenated alkanes) is 1. The molecule has 0 N–H and O–H groups in total. The van der Waals surface area contributed by atoms with E-state index in [4.69, 9.17) is 16.3 Å². The third-order valence-electron chi connectivity index (χ3n) is 2.50. The summed E-state index contributed by atoms with van der Waals surface area (Å²) in [5.41, 5.74) is 1.20. The fourth-order valence-electron chi connectivity index (χ4n) is 1.64. The van der Waals surface area contributed by atoms with Crippen LogP contribution in [-0.4, -0.2) is 12.5 Å². The van der Waals surface area contributed by atoms with Gasteiger partial charge in [0.1, 0.15) is 5.75 Å². The Labute approximate surface area is 97.4 Å². The van der Waals surface area contributed by atoms with Gasteiger partial charge in [-0.3, -0.25) is 0 Å². The molecular formula is C13H19ClO. The van der Waals surface area contributed by atoms with Crippen molar-refractivity contribution in [1.82, 2.24) is 0 Å². The number of para-hydroxylation sites is 1. The van der Waals surface area contributed by atoms with Crippen LogP contribution in [0, 0.1) is 0 Å². The van der Waals surface area contributed by atoms with E-state index in [0.29, 0.717) is 0 Å². The van der Waals surface area contributed by atoms with Crippen molar-refractivity contribution in [3.8, 4) is 5.75 Å². The van der Waals surface area contributed by atoms with Gasteiger partial charge in [0, 0.05) is 5.38 Å². The third kappa shape index (κ3) is 4.13. The van der Waals surface area contributed by atoms with Crippen molar-refractivity contribution in [2.24, 2.45) is 0 Å². The molecule has 1 unspecified atom stereocenters. The number of methoxy groups -OCH3 is 1. The minimum absolute atomic E-state index is 0.223. The highest BCUT2D eigenvalue weighted by Gasteiger charge is 2.08. The molecular weight excluding hydrogens is 208 g/mol. The van der Waals surface area contributed by atoms with E-state index in [1.54, 1.807) is 7.11 Å². The van der Waals surface area contributed by atoms with E-state index in [-0.39, 0.29) is 5.38 Å². The lowest BCUT2D eigenvalue weighted by molar-refractivity contribution is 0.409. The summed E-state index contributed by atoms with van der Waals surface area (Å²) < 4.78 is 5.29. The Hall–Kier alpha value is -0.690. The summed E-state index contributed by atoms with van der Waals surface area (Å²) >= 11 is 6.27. The van der Waals surface area contributed by atoms with Crippen molar-refractivity contribution in [3.63, 3.8) is 0 Å². The van der Waals surface area contributed by atoms with Crippen LogP contribution in [0.4, 0.5) is 0 Å². The zero-order valence-electron chi connectivity index (χ0n) is 9.50. The topological polar surface area (TPSA) is 9.23 Å². The van der Waals surface area contributed by atoms with Crippen molar-refractivity contribution in [2.75, 3.05) is 7.11 Å². The zero-order valence-corrected chi connectivity index (χ0v) is 10.3. The van der Waals surface area contributed by atoms with Crippen LogP contribution in [-0.2, 0) is 6.42 Å². The van der Waals surface area contributed by atoms with Crippen molar-refractivity contribution in [3.05, 3.63) is 29.8 Å². The highest BCUT2D eigenvalue weighted by molar-refractivity contribution is 6.20. The fourth-order valence-corrected chi connectivity index (χ4v) is 1.96. The first-order valence-corrected chi connectivity index (χ1v) is 5.97. The summed E-state index contributed by atoms with van der Waals surface area (Å²) in [6.07, 6.45) is 4.38. The number of rotatable bonds is 6. The number of hydrogen-bond acceptors (Lipinski definition) is 1. The fraction of sp³-hybridized carbons (Fsp3) is 0.538. The summed E-state index contributed by atoms with van der Waals surface area (Å²) in [5, 5.41) is 0.223. The van der Waals surface area contributed by atoms with Crippen LogP contribution < -0.4 is 4.74 Å². The van der Waals surface area contributed by atoms with E-state index < -0.39 is 0 Å². The molecule has 0 saturated heterocycles. The summed E-state index contributed by atoms with van der Waals surface area (Å²) in [5.74, 6) is 0.944. The number of hydrogen-bond donors (Lipinski definition) is 0. The zero-order chi connectivity index (χ0) is 11.1. The molecule has 1 nitrogen and oxygen atoms in total. The van der Waals surface area contributed by atoms with Crippen LogP contribution >= 0.6 is 11.6 Å². The Kier molecular flexibility index (Phi) is 5.56. The highest BCUT2D eigenvalue weighted by Crippen LogP contribution is 2.22. The SMILES string of the molecule is CCCCC(Cl)Cc1ccccc1OC. The molecule has 2 heteroatoms. The van der Waals surface area contributed by atoms with Crippen LogP contribution in [0.5, 0.6) is 5.75 Å². The minimum atomic E-state index is 0.223. The second-order valence-corrected chi connectivity index (χ2v) is 4.37. The average Bonchev–Trinajstić information content (AvgIpc) is 2.27. The van der Waals surface area contributed by atoms with Crippen molar-refractivity contribution < 1.29 is 4.74 Å². The van der Waals surface area contributed by atoms with Gasteiger partial charge in [-0.1, -0.05) is 38.0 Å².